The first-order chi connectivity index (χ1) is 8.40. The van der Waals surface area contributed by atoms with Crippen molar-refractivity contribution in [3.8, 4) is 0 Å². The average Bonchev–Trinajstić information content (AvgIpc) is 2.89. The third kappa shape index (κ3) is 3.01. The molecule has 0 fully saturated rings. The molecule has 0 unspecified atom stereocenters. The van der Waals surface area contributed by atoms with Crippen molar-refractivity contribution in [2.75, 3.05) is 0 Å². The number of H-pyrrole nitrogens is 1. The molecule has 1 aromatic heterocycles. The van der Waals surface area contributed by atoms with E-state index in [1.54, 1.807) is 18.5 Å². The predicted octanol–water partition coefficient (Wildman–Crippen LogP) is 3.06. The normalized spacial score (nSPS) is 9.41. The number of hydrogen-bond acceptors (Lipinski definition) is 2. The number of imidazole rings is 1. The van der Waals surface area contributed by atoms with Crippen molar-refractivity contribution in [1.29, 1.82) is 0 Å². The molecule has 0 amide bonds. The van der Waals surface area contributed by atoms with Crippen LogP contribution < -0.4 is 0 Å². The fourth-order valence-electron chi connectivity index (χ4n) is 1.41. The fourth-order valence-corrected chi connectivity index (χ4v) is 1.41. The number of carbonyl (C=O) groups is 1. The van der Waals surface area contributed by atoms with Crippen LogP contribution in [0.5, 0.6) is 0 Å². The Kier molecular flexibility index (Phi) is 3.65. The lowest BCUT2D eigenvalue weighted by Gasteiger charge is -1.81. The molecule has 0 spiro atoms. The first-order valence-corrected chi connectivity index (χ1v) is 5.28. The number of fused-ring (bicyclic) bond motifs is 1. The highest BCUT2D eigenvalue weighted by Crippen LogP contribution is 2.05. The maximum atomic E-state index is 10.0. The van der Waals surface area contributed by atoms with Crippen LogP contribution in [0, 0.1) is 0 Å². The summed E-state index contributed by atoms with van der Waals surface area (Å²) in [4.78, 5) is 17.1. The van der Waals surface area contributed by atoms with Crippen LogP contribution in [0.1, 0.15) is 10.4 Å². The molecule has 2 aromatic carbocycles. The molecular formula is C14H12N2O. The maximum Gasteiger partial charge on any atom is 0.150 e. The van der Waals surface area contributed by atoms with Gasteiger partial charge < -0.3 is 4.98 Å². The van der Waals surface area contributed by atoms with E-state index < -0.39 is 0 Å². The van der Waals surface area contributed by atoms with E-state index in [1.165, 1.54) is 0 Å². The van der Waals surface area contributed by atoms with E-state index in [2.05, 4.69) is 9.97 Å². The number of nitrogens with zero attached hydrogens (tertiary/aromatic N) is 1. The minimum absolute atomic E-state index is 0.729. The number of aromatic amines is 1. The van der Waals surface area contributed by atoms with E-state index in [0.29, 0.717) is 0 Å². The predicted molar refractivity (Wildman–Crippen MR) is 67.9 cm³/mol. The minimum atomic E-state index is 0.729. The molecule has 3 heteroatoms. The Morgan fingerprint density at radius 3 is 2.29 bits per heavy atom. The van der Waals surface area contributed by atoms with Gasteiger partial charge in [-0.25, -0.2) is 4.98 Å². The Morgan fingerprint density at radius 1 is 0.941 bits per heavy atom. The van der Waals surface area contributed by atoms with Gasteiger partial charge in [-0.1, -0.05) is 42.5 Å². The number of hydrogen-bond donors (Lipinski definition) is 1. The summed E-state index contributed by atoms with van der Waals surface area (Å²) in [6.07, 6.45) is 2.53. The van der Waals surface area contributed by atoms with Crippen molar-refractivity contribution in [3.05, 3.63) is 66.5 Å². The number of rotatable bonds is 1. The summed E-state index contributed by atoms with van der Waals surface area (Å²) in [7, 11) is 0. The van der Waals surface area contributed by atoms with Crippen molar-refractivity contribution in [1.82, 2.24) is 9.97 Å². The third-order valence-electron chi connectivity index (χ3n) is 2.26. The Labute approximate surface area is 99.1 Å². The summed E-state index contributed by atoms with van der Waals surface area (Å²) in [5.74, 6) is 0. The lowest BCUT2D eigenvalue weighted by Crippen LogP contribution is -1.73. The summed E-state index contributed by atoms with van der Waals surface area (Å²) in [5.41, 5.74) is 2.85. The molecule has 17 heavy (non-hydrogen) atoms. The molecule has 3 rings (SSSR count). The van der Waals surface area contributed by atoms with Gasteiger partial charge in [0.15, 0.2) is 0 Å². The molecule has 0 aliphatic heterocycles. The second kappa shape index (κ2) is 5.61. The molecule has 0 atom stereocenters. The molecule has 84 valence electrons. The van der Waals surface area contributed by atoms with Crippen LogP contribution in [0.15, 0.2) is 60.9 Å². The van der Waals surface area contributed by atoms with Gasteiger partial charge in [0, 0.05) is 5.56 Å². The van der Waals surface area contributed by atoms with Crippen LogP contribution in [-0.2, 0) is 0 Å². The van der Waals surface area contributed by atoms with Crippen LogP contribution in [0.25, 0.3) is 11.0 Å². The van der Waals surface area contributed by atoms with Crippen molar-refractivity contribution in [2.24, 2.45) is 0 Å². The SMILES string of the molecule is O=Cc1ccccc1.c1ccc2[nH]cnc2c1. The highest BCUT2D eigenvalue weighted by molar-refractivity contribution is 5.74. The van der Waals surface area contributed by atoms with Crippen LogP contribution in [0.3, 0.4) is 0 Å². The number of para-hydroxylation sites is 2. The van der Waals surface area contributed by atoms with Crippen molar-refractivity contribution in [3.63, 3.8) is 0 Å². The van der Waals surface area contributed by atoms with Crippen molar-refractivity contribution >= 4 is 17.3 Å². The van der Waals surface area contributed by atoms with Crippen molar-refractivity contribution in [2.45, 2.75) is 0 Å². The van der Waals surface area contributed by atoms with Crippen LogP contribution >= 0.6 is 0 Å². The standard InChI is InChI=1S/C7H6N2.C7H6O/c1-2-4-7-6(3-1)8-5-9-7;8-6-7-4-2-1-3-5-7/h1-5H,(H,8,9);1-6H. The van der Waals surface area contributed by atoms with Gasteiger partial charge in [-0.2, -0.15) is 0 Å². The van der Waals surface area contributed by atoms with Crippen LogP contribution in [0.4, 0.5) is 0 Å². The highest BCUT2D eigenvalue weighted by Gasteiger charge is 1.88. The van der Waals surface area contributed by atoms with Gasteiger partial charge in [0.25, 0.3) is 0 Å². The summed E-state index contributed by atoms with van der Waals surface area (Å²) < 4.78 is 0. The molecule has 0 radical (unpaired) electrons. The zero-order chi connectivity index (χ0) is 11.9. The quantitative estimate of drug-likeness (QED) is 0.646. The zero-order valence-electron chi connectivity index (χ0n) is 9.21. The van der Waals surface area contributed by atoms with Gasteiger partial charge in [-0.15, -0.1) is 0 Å². The summed E-state index contributed by atoms with van der Waals surface area (Å²) in [6, 6.07) is 17.0. The molecule has 0 saturated heterocycles. The molecule has 0 aliphatic carbocycles. The molecule has 3 aromatic rings. The average molecular weight is 224 g/mol. The molecular weight excluding hydrogens is 212 g/mol. The smallest absolute Gasteiger partial charge is 0.150 e. The number of nitrogens with one attached hydrogen (secondary N) is 1. The third-order valence-corrected chi connectivity index (χ3v) is 2.26. The van der Waals surface area contributed by atoms with Crippen molar-refractivity contribution < 1.29 is 4.79 Å². The molecule has 0 saturated carbocycles. The Bertz CT molecular complexity index is 557. The van der Waals surface area contributed by atoms with E-state index in [4.69, 9.17) is 0 Å². The minimum Gasteiger partial charge on any atom is -0.345 e. The van der Waals surface area contributed by atoms with E-state index in [-0.39, 0.29) is 0 Å². The zero-order valence-corrected chi connectivity index (χ0v) is 9.21. The fraction of sp³-hybridized carbons (Fsp3) is 0. The van der Waals surface area contributed by atoms with Gasteiger partial charge in [0.05, 0.1) is 17.4 Å². The molecule has 0 bridgehead atoms. The van der Waals surface area contributed by atoms with Gasteiger partial charge in [-0.3, -0.25) is 4.79 Å². The maximum absolute atomic E-state index is 10.0. The second-order valence-corrected chi connectivity index (χ2v) is 3.45. The number of aromatic nitrogens is 2. The molecule has 1 heterocycles. The van der Waals surface area contributed by atoms with E-state index in [0.717, 1.165) is 22.9 Å². The topological polar surface area (TPSA) is 45.8 Å². The van der Waals surface area contributed by atoms with E-state index in [1.807, 2.05) is 42.5 Å². The van der Waals surface area contributed by atoms with Crippen LogP contribution in [-0.4, -0.2) is 16.3 Å². The lowest BCUT2D eigenvalue weighted by atomic mass is 10.2. The molecule has 0 aliphatic rings. The van der Waals surface area contributed by atoms with Gasteiger partial charge in [0.1, 0.15) is 6.29 Å². The molecule has 3 nitrogen and oxygen atoms in total. The molecule has 1 N–H and O–H groups in total. The Hall–Kier alpha value is -2.42. The van der Waals surface area contributed by atoms with Gasteiger partial charge >= 0.3 is 0 Å². The number of carbonyl (C=O) groups excluding carboxylic acids is 1. The Balaban J connectivity index is 0.000000128. The first-order valence-electron chi connectivity index (χ1n) is 5.28. The number of benzene rings is 2. The highest BCUT2D eigenvalue weighted by atomic mass is 16.1. The largest absolute Gasteiger partial charge is 0.345 e. The first kappa shape index (κ1) is 11.1. The van der Waals surface area contributed by atoms with E-state index >= 15 is 0 Å². The summed E-state index contributed by atoms with van der Waals surface area (Å²) in [6.45, 7) is 0. The lowest BCUT2D eigenvalue weighted by molar-refractivity contribution is 0.112. The van der Waals surface area contributed by atoms with E-state index in [9.17, 15) is 4.79 Å². The van der Waals surface area contributed by atoms with Gasteiger partial charge in [-0.05, 0) is 12.1 Å². The van der Waals surface area contributed by atoms with Crippen LogP contribution in [0.2, 0.25) is 0 Å². The number of aldehydes is 1. The second-order valence-electron chi connectivity index (χ2n) is 3.45. The summed E-state index contributed by atoms with van der Waals surface area (Å²) in [5, 5.41) is 0. The monoisotopic (exact) mass is 224 g/mol. The summed E-state index contributed by atoms with van der Waals surface area (Å²) >= 11 is 0. The van der Waals surface area contributed by atoms with Gasteiger partial charge in [0.2, 0.25) is 0 Å². The Morgan fingerprint density at radius 2 is 1.65 bits per heavy atom.